The Labute approximate surface area is 154 Å². The number of pyridine rings is 1. The standard InChI is InChI=1S/C18H18N6O3/c19-15(25)6-8-21-18(27)24-12-4-1-3-11(9-12)23-17(26)13-10-22-14-5-2-7-20-16(13)14/h1-5,7,9-10,22H,6,8H2,(H2,19,25)(H,23,26)(H2,21,24,27). The molecule has 9 nitrogen and oxygen atoms in total. The van der Waals surface area contributed by atoms with E-state index in [-0.39, 0.29) is 18.9 Å². The summed E-state index contributed by atoms with van der Waals surface area (Å²) in [5.41, 5.74) is 7.79. The minimum Gasteiger partial charge on any atom is -0.370 e. The molecule has 138 valence electrons. The van der Waals surface area contributed by atoms with Gasteiger partial charge in [-0.2, -0.15) is 0 Å². The number of benzene rings is 1. The van der Waals surface area contributed by atoms with Gasteiger partial charge in [0.1, 0.15) is 5.52 Å². The summed E-state index contributed by atoms with van der Waals surface area (Å²) < 4.78 is 0. The van der Waals surface area contributed by atoms with Crippen molar-refractivity contribution in [2.75, 3.05) is 17.2 Å². The number of aromatic nitrogens is 2. The molecule has 0 saturated heterocycles. The second-order valence-electron chi connectivity index (χ2n) is 5.73. The largest absolute Gasteiger partial charge is 0.370 e. The highest BCUT2D eigenvalue weighted by molar-refractivity contribution is 6.11. The molecule has 0 aliphatic carbocycles. The third-order valence-corrected chi connectivity index (χ3v) is 3.71. The van der Waals surface area contributed by atoms with Crippen molar-refractivity contribution < 1.29 is 14.4 Å². The van der Waals surface area contributed by atoms with Gasteiger partial charge in [-0.25, -0.2) is 4.79 Å². The van der Waals surface area contributed by atoms with Crippen molar-refractivity contribution in [2.45, 2.75) is 6.42 Å². The second kappa shape index (κ2) is 8.00. The molecule has 4 amide bonds. The lowest BCUT2D eigenvalue weighted by Gasteiger charge is -2.09. The number of hydrogen-bond acceptors (Lipinski definition) is 4. The van der Waals surface area contributed by atoms with E-state index in [1.54, 1.807) is 42.7 Å². The molecular weight excluding hydrogens is 348 g/mol. The van der Waals surface area contributed by atoms with Crippen LogP contribution in [0.15, 0.2) is 48.8 Å². The monoisotopic (exact) mass is 366 g/mol. The van der Waals surface area contributed by atoms with Crippen LogP contribution in [0.1, 0.15) is 16.8 Å². The lowest BCUT2D eigenvalue weighted by Crippen LogP contribution is -2.31. The first-order valence-electron chi connectivity index (χ1n) is 8.19. The van der Waals surface area contributed by atoms with Gasteiger partial charge in [0.25, 0.3) is 5.91 Å². The molecule has 0 aliphatic rings. The summed E-state index contributed by atoms with van der Waals surface area (Å²) >= 11 is 0. The Morgan fingerprint density at radius 1 is 1.07 bits per heavy atom. The van der Waals surface area contributed by atoms with Crippen molar-refractivity contribution >= 4 is 40.3 Å². The molecule has 0 unspecified atom stereocenters. The van der Waals surface area contributed by atoms with Crippen LogP contribution in [0.25, 0.3) is 11.0 Å². The summed E-state index contributed by atoms with van der Waals surface area (Å²) in [7, 11) is 0. The normalized spacial score (nSPS) is 10.4. The van der Waals surface area contributed by atoms with Crippen molar-refractivity contribution in [2.24, 2.45) is 5.73 Å². The van der Waals surface area contributed by atoms with Crippen LogP contribution in [0.3, 0.4) is 0 Å². The number of urea groups is 1. The third-order valence-electron chi connectivity index (χ3n) is 3.71. The quantitative estimate of drug-likeness (QED) is 0.453. The van der Waals surface area contributed by atoms with Crippen LogP contribution in [0.4, 0.5) is 16.2 Å². The fourth-order valence-corrected chi connectivity index (χ4v) is 2.48. The molecule has 3 rings (SSSR count). The summed E-state index contributed by atoms with van der Waals surface area (Å²) in [6.45, 7) is 0.144. The average molecular weight is 366 g/mol. The lowest BCUT2D eigenvalue weighted by molar-refractivity contribution is -0.117. The minimum atomic E-state index is -0.494. The fourth-order valence-electron chi connectivity index (χ4n) is 2.48. The first-order valence-corrected chi connectivity index (χ1v) is 8.19. The van der Waals surface area contributed by atoms with E-state index in [1.165, 1.54) is 0 Å². The van der Waals surface area contributed by atoms with Gasteiger partial charge in [-0.15, -0.1) is 0 Å². The number of fused-ring (bicyclic) bond motifs is 1. The lowest BCUT2D eigenvalue weighted by atomic mass is 10.2. The Balaban J connectivity index is 1.64. The number of anilines is 2. The molecule has 0 saturated carbocycles. The van der Waals surface area contributed by atoms with Crippen LogP contribution >= 0.6 is 0 Å². The smallest absolute Gasteiger partial charge is 0.319 e. The number of amides is 4. The molecule has 0 atom stereocenters. The summed E-state index contributed by atoms with van der Waals surface area (Å²) in [6.07, 6.45) is 3.28. The van der Waals surface area contributed by atoms with E-state index < -0.39 is 11.9 Å². The van der Waals surface area contributed by atoms with Gasteiger partial charge < -0.3 is 26.7 Å². The van der Waals surface area contributed by atoms with Crippen LogP contribution in [-0.2, 0) is 4.79 Å². The molecule has 0 bridgehead atoms. The number of carbonyl (C=O) groups excluding carboxylic acids is 3. The Morgan fingerprint density at radius 2 is 1.85 bits per heavy atom. The van der Waals surface area contributed by atoms with Crippen molar-refractivity contribution in [3.63, 3.8) is 0 Å². The highest BCUT2D eigenvalue weighted by Gasteiger charge is 2.13. The van der Waals surface area contributed by atoms with E-state index in [0.717, 1.165) is 5.52 Å². The van der Waals surface area contributed by atoms with Crippen molar-refractivity contribution in [1.82, 2.24) is 15.3 Å². The Kier molecular flexibility index (Phi) is 5.31. The first kappa shape index (κ1) is 17.9. The van der Waals surface area contributed by atoms with Gasteiger partial charge in [-0.05, 0) is 30.3 Å². The molecule has 0 fully saturated rings. The first-order chi connectivity index (χ1) is 13.0. The van der Waals surface area contributed by atoms with E-state index in [9.17, 15) is 14.4 Å². The van der Waals surface area contributed by atoms with E-state index in [1.807, 2.05) is 6.07 Å². The molecule has 27 heavy (non-hydrogen) atoms. The SMILES string of the molecule is NC(=O)CCNC(=O)Nc1cccc(NC(=O)c2c[nH]c3cccnc23)c1. The number of nitrogens with zero attached hydrogens (tertiary/aromatic N) is 1. The molecule has 0 aliphatic heterocycles. The summed E-state index contributed by atoms with van der Waals surface area (Å²) in [5, 5.41) is 7.91. The molecule has 2 heterocycles. The Bertz CT molecular complexity index is 997. The molecule has 9 heteroatoms. The zero-order chi connectivity index (χ0) is 19.2. The van der Waals surface area contributed by atoms with Gasteiger partial charge in [-0.3, -0.25) is 14.6 Å². The van der Waals surface area contributed by atoms with Crippen LogP contribution in [0, 0.1) is 0 Å². The highest BCUT2D eigenvalue weighted by Crippen LogP contribution is 2.19. The third kappa shape index (κ3) is 4.60. The number of rotatable bonds is 6. The van der Waals surface area contributed by atoms with E-state index in [2.05, 4.69) is 25.9 Å². The number of aromatic amines is 1. The maximum Gasteiger partial charge on any atom is 0.319 e. The topological polar surface area (TPSA) is 142 Å². The van der Waals surface area contributed by atoms with Gasteiger partial charge in [0.2, 0.25) is 5.91 Å². The molecule has 0 radical (unpaired) electrons. The van der Waals surface area contributed by atoms with E-state index >= 15 is 0 Å². The van der Waals surface area contributed by atoms with Gasteiger partial charge in [-0.1, -0.05) is 6.07 Å². The summed E-state index contributed by atoms with van der Waals surface area (Å²) in [4.78, 5) is 42.2. The van der Waals surface area contributed by atoms with Gasteiger partial charge in [0.15, 0.2) is 0 Å². The number of primary amides is 1. The molecule has 6 N–H and O–H groups in total. The predicted molar refractivity (Wildman–Crippen MR) is 101 cm³/mol. The van der Waals surface area contributed by atoms with Gasteiger partial charge >= 0.3 is 6.03 Å². The number of nitrogens with two attached hydrogens (primary N) is 1. The summed E-state index contributed by atoms with van der Waals surface area (Å²) in [5.74, 6) is -0.810. The molecule has 2 aromatic heterocycles. The fraction of sp³-hybridized carbons (Fsp3) is 0.111. The minimum absolute atomic E-state index is 0.0577. The van der Waals surface area contributed by atoms with Crippen LogP contribution in [0.5, 0.6) is 0 Å². The maximum atomic E-state index is 12.5. The van der Waals surface area contributed by atoms with E-state index in [0.29, 0.717) is 22.5 Å². The van der Waals surface area contributed by atoms with Crippen molar-refractivity contribution in [3.8, 4) is 0 Å². The van der Waals surface area contributed by atoms with Gasteiger partial charge in [0, 0.05) is 36.7 Å². The second-order valence-corrected chi connectivity index (χ2v) is 5.73. The van der Waals surface area contributed by atoms with Crippen LogP contribution in [0.2, 0.25) is 0 Å². The zero-order valence-electron chi connectivity index (χ0n) is 14.3. The maximum absolute atomic E-state index is 12.5. The molecule has 1 aromatic carbocycles. The zero-order valence-corrected chi connectivity index (χ0v) is 14.3. The summed E-state index contributed by atoms with van der Waals surface area (Å²) in [6, 6.07) is 9.84. The number of nitrogens with one attached hydrogen (secondary N) is 4. The van der Waals surface area contributed by atoms with Crippen LogP contribution in [-0.4, -0.2) is 34.4 Å². The Morgan fingerprint density at radius 3 is 2.63 bits per heavy atom. The molecule has 3 aromatic rings. The number of hydrogen-bond donors (Lipinski definition) is 5. The average Bonchev–Trinajstić information content (AvgIpc) is 3.06. The van der Waals surface area contributed by atoms with Crippen LogP contribution < -0.4 is 21.7 Å². The number of H-pyrrole nitrogens is 1. The highest BCUT2D eigenvalue weighted by atomic mass is 16.2. The molecular formula is C18H18N6O3. The van der Waals surface area contributed by atoms with Crippen molar-refractivity contribution in [1.29, 1.82) is 0 Å². The Hall–Kier alpha value is -3.88. The van der Waals surface area contributed by atoms with Crippen molar-refractivity contribution in [3.05, 3.63) is 54.4 Å². The number of carbonyl (C=O) groups is 3. The molecule has 0 spiro atoms. The van der Waals surface area contributed by atoms with E-state index in [4.69, 9.17) is 5.73 Å². The van der Waals surface area contributed by atoms with Gasteiger partial charge in [0.05, 0.1) is 11.1 Å². The predicted octanol–water partition coefficient (Wildman–Crippen LogP) is 1.81.